The number of amides is 1. The van der Waals surface area contributed by atoms with Gasteiger partial charge in [0.25, 0.3) is 5.91 Å². The normalized spacial score (nSPS) is 13.6. The average molecular weight is 297 g/mol. The van der Waals surface area contributed by atoms with Gasteiger partial charge in [0.05, 0.1) is 6.61 Å². The number of hydrogen-bond acceptors (Lipinski definition) is 4. The highest BCUT2D eigenvalue weighted by Gasteiger charge is 2.35. The first-order valence-electron chi connectivity index (χ1n) is 6.03. The van der Waals surface area contributed by atoms with Crippen molar-refractivity contribution < 1.29 is 19.4 Å². The van der Waals surface area contributed by atoms with E-state index in [0.717, 1.165) is 10.5 Å². The molecule has 0 spiro atoms. The second-order valence-electron chi connectivity index (χ2n) is 4.71. The van der Waals surface area contributed by atoms with Crippen LogP contribution in [0.2, 0.25) is 0 Å². The number of hydrogen-bond donors (Lipinski definition) is 2. The molecule has 110 valence electrons. The SMILES string of the molecule is COCC(C)(NC(=O)c1cc(SC)ccc1C)C(=O)O. The fraction of sp³-hybridized carbons (Fsp3) is 0.429. The molecule has 20 heavy (non-hydrogen) atoms. The number of aliphatic carboxylic acids is 1. The minimum atomic E-state index is -1.45. The van der Waals surface area contributed by atoms with Gasteiger partial charge < -0.3 is 15.2 Å². The molecule has 1 amide bonds. The van der Waals surface area contributed by atoms with Gasteiger partial charge in [0.2, 0.25) is 0 Å². The standard InChI is InChI=1S/C14H19NO4S/c1-9-5-6-10(20-4)7-11(9)12(16)15-14(2,8-19-3)13(17)18/h5-7H,8H2,1-4H3,(H,15,16)(H,17,18). The predicted octanol–water partition coefficient (Wildman–Crippen LogP) is 1.94. The van der Waals surface area contributed by atoms with E-state index < -0.39 is 17.4 Å². The third kappa shape index (κ3) is 3.74. The number of nitrogens with one attached hydrogen (secondary N) is 1. The molecule has 0 saturated carbocycles. The Morgan fingerprint density at radius 1 is 1.45 bits per heavy atom. The van der Waals surface area contributed by atoms with Crippen LogP contribution in [0, 0.1) is 6.92 Å². The Morgan fingerprint density at radius 2 is 2.10 bits per heavy atom. The van der Waals surface area contributed by atoms with E-state index in [-0.39, 0.29) is 6.61 Å². The largest absolute Gasteiger partial charge is 0.479 e. The molecule has 0 bridgehead atoms. The first kappa shape index (κ1) is 16.5. The lowest BCUT2D eigenvalue weighted by atomic mass is 10.0. The summed E-state index contributed by atoms with van der Waals surface area (Å²) >= 11 is 1.52. The van der Waals surface area contributed by atoms with E-state index in [4.69, 9.17) is 4.74 Å². The summed E-state index contributed by atoms with van der Waals surface area (Å²) in [4.78, 5) is 24.5. The zero-order valence-corrected chi connectivity index (χ0v) is 12.8. The molecule has 5 nitrogen and oxygen atoms in total. The van der Waals surface area contributed by atoms with E-state index in [9.17, 15) is 14.7 Å². The van der Waals surface area contributed by atoms with Crippen LogP contribution in [0.3, 0.4) is 0 Å². The smallest absolute Gasteiger partial charge is 0.331 e. The van der Waals surface area contributed by atoms with Crippen molar-refractivity contribution in [1.29, 1.82) is 0 Å². The Bertz CT molecular complexity index is 518. The number of rotatable bonds is 6. The van der Waals surface area contributed by atoms with Gasteiger partial charge in [-0.05, 0) is 37.8 Å². The Labute approximate surface area is 122 Å². The molecule has 0 aliphatic rings. The van der Waals surface area contributed by atoms with Crippen LogP contribution in [0.15, 0.2) is 23.1 Å². The summed E-state index contributed by atoms with van der Waals surface area (Å²) in [7, 11) is 1.40. The van der Waals surface area contributed by atoms with Gasteiger partial charge >= 0.3 is 5.97 Å². The molecule has 1 unspecified atom stereocenters. The Kier molecular flexibility index (Phi) is 5.59. The predicted molar refractivity (Wildman–Crippen MR) is 78.3 cm³/mol. The molecule has 1 aromatic rings. The van der Waals surface area contributed by atoms with Crippen LogP contribution in [-0.4, -0.2) is 42.5 Å². The monoisotopic (exact) mass is 297 g/mol. The maximum Gasteiger partial charge on any atom is 0.331 e. The van der Waals surface area contributed by atoms with E-state index in [1.54, 1.807) is 6.07 Å². The molecule has 0 aromatic heterocycles. The fourth-order valence-electron chi connectivity index (χ4n) is 1.73. The lowest BCUT2D eigenvalue weighted by Gasteiger charge is -2.25. The average Bonchev–Trinajstić information content (AvgIpc) is 2.39. The number of thioether (sulfide) groups is 1. The molecular weight excluding hydrogens is 278 g/mol. The van der Waals surface area contributed by atoms with Crippen LogP contribution < -0.4 is 5.32 Å². The summed E-state index contributed by atoms with van der Waals surface area (Å²) in [6.45, 7) is 3.13. The third-order valence-electron chi connectivity index (χ3n) is 2.98. The van der Waals surface area contributed by atoms with Crippen LogP contribution in [0.4, 0.5) is 0 Å². The summed E-state index contributed by atoms with van der Waals surface area (Å²) < 4.78 is 4.88. The third-order valence-corrected chi connectivity index (χ3v) is 3.71. The molecular formula is C14H19NO4S. The van der Waals surface area contributed by atoms with Crippen molar-refractivity contribution in [2.75, 3.05) is 20.0 Å². The summed E-state index contributed by atoms with van der Waals surface area (Å²) in [6.07, 6.45) is 1.92. The van der Waals surface area contributed by atoms with Crippen LogP contribution in [-0.2, 0) is 9.53 Å². The lowest BCUT2D eigenvalue weighted by molar-refractivity contribution is -0.145. The van der Waals surface area contributed by atoms with Crippen molar-refractivity contribution in [3.05, 3.63) is 29.3 Å². The number of carboxylic acid groups (broad SMARTS) is 1. The summed E-state index contributed by atoms with van der Waals surface area (Å²) in [5.74, 6) is -1.55. The first-order chi connectivity index (χ1) is 9.34. The van der Waals surface area contributed by atoms with Crippen molar-refractivity contribution in [2.24, 2.45) is 0 Å². The molecule has 0 aliphatic heterocycles. The number of benzene rings is 1. The van der Waals surface area contributed by atoms with E-state index in [0.29, 0.717) is 5.56 Å². The van der Waals surface area contributed by atoms with Gasteiger partial charge in [0.1, 0.15) is 0 Å². The highest BCUT2D eigenvalue weighted by atomic mass is 32.2. The number of aryl methyl sites for hydroxylation is 1. The van der Waals surface area contributed by atoms with Crippen molar-refractivity contribution in [3.63, 3.8) is 0 Å². The maximum absolute atomic E-state index is 12.3. The molecule has 1 aromatic carbocycles. The quantitative estimate of drug-likeness (QED) is 0.785. The van der Waals surface area contributed by atoms with Gasteiger partial charge in [0, 0.05) is 17.6 Å². The van der Waals surface area contributed by atoms with Gasteiger partial charge in [-0.1, -0.05) is 6.07 Å². The lowest BCUT2D eigenvalue weighted by Crippen LogP contribution is -2.55. The number of carbonyl (C=O) groups is 2. The Hall–Kier alpha value is -1.53. The van der Waals surface area contributed by atoms with Gasteiger partial charge in [-0.2, -0.15) is 0 Å². The second-order valence-corrected chi connectivity index (χ2v) is 5.58. The van der Waals surface area contributed by atoms with E-state index in [1.807, 2.05) is 25.3 Å². The van der Waals surface area contributed by atoms with E-state index >= 15 is 0 Å². The molecule has 1 atom stereocenters. The van der Waals surface area contributed by atoms with Crippen molar-refractivity contribution in [1.82, 2.24) is 5.32 Å². The summed E-state index contributed by atoms with van der Waals surface area (Å²) in [5.41, 5.74) is -0.181. The summed E-state index contributed by atoms with van der Waals surface area (Å²) in [6, 6.07) is 5.52. The van der Waals surface area contributed by atoms with Gasteiger partial charge in [0.15, 0.2) is 5.54 Å². The second kappa shape index (κ2) is 6.76. The summed E-state index contributed by atoms with van der Waals surface area (Å²) in [5, 5.41) is 11.8. The Morgan fingerprint density at radius 3 is 2.60 bits per heavy atom. The number of ether oxygens (including phenoxy) is 1. The van der Waals surface area contributed by atoms with E-state index in [2.05, 4.69) is 5.32 Å². The van der Waals surface area contributed by atoms with Crippen molar-refractivity contribution in [3.8, 4) is 0 Å². The van der Waals surface area contributed by atoms with Crippen molar-refractivity contribution in [2.45, 2.75) is 24.3 Å². The first-order valence-corrected chi connectivity index (χ1v) is 7.26. The molecule has 0 fully saturated rings. The molecule has 1 rings (SSSR count). The molecule has 6 heteroatoms. The molecule has 0 heterocycles. The topological polar surface area (TPSA) is 75.6 Å². The number of methoxy groups -OCH3 is 1. The van der Waals surface area contributed by atoms with Crippen LogP contribution in [0.5, 0.6) is 0 Å². The highest BCUT2D eigenvalue weighted by molar-refractivity contribution is 7.98. The minimum Gasteiger partial charge on any atom is -0.479 e. The zero-order valence-electron chi connectivity index (χ0n) is 12.0. The zero-order chi connectivity index (χ0) is 15.3. The van der Waals surface area contributed by atoms with Crippen molar-refractivity contribution >= 4 is 23.6 Å². The molecule has 2 N–H and O–H groups in total. The minimum absolute atomic E-state index is 0.102. The highest BCUT2D eigenvalue weighted by Crippen LogP contribution is 2.19. The molecule has 0 saturated heterocycles. The molecule has 0 aliphatic carbocycles. The van der Waals surface area contributed by atoms with Gasteiger partial charge in [-0.25, -0.2) is 4.79 Å². The fourth-order valence-corrected chi connectivity index (χ4v) is 2.17. The Balaban J connectivity index is 3.03. The van der Waals surface area contributed by atoms with Gasteiger partial charge in [-0.15, -0.1) is 11.8 Å². The van der Waals surface area contributed by atoms with Crippen LogP contribution in [0.25, 0.3) is 0 Å². The number of carbonyl (C=O) groups excluding carboxylic acids is 1. The van der Waals surface area contributed by atoms with Crippen LogP contribution in [0.1, 0.15) is 22.8 Å². The maximum atomic E-state index is 12.3. The van der Waals surface area contributed by atoms with Crippen LogP contribution >= 0.6 is 11.8 Å². The van der Waals surface area contributed by atoms with Gasteiger partial charge in [-0.3, -0.25) is 4.79 Å². The van der Waals surface area contributed by atoms with E-state index in [1.165, 1.54) is 25.8 Å². The molecule has 0 radical (unpaired) electrons. The number of carboxylic acids is 1.